The molecule has 0 fully saturated rings. The number of rotatable bonds is 4. The lowest BCUT2D eigenvalue weighted by Gasteiger charge is -2.15. The van der Waals surface area contributed by atoms with Crippen LogP contribution in [0.1, 0.15) is 5.56 Å². The van der Waals surface area contributed by atoms with Gasteiger partial charge >= 0.3 is 6.16 Å². The first kappa shape index (κ1) is 14.2. The Kier molecular flexibility index (Phi) is 5.56. The average molecular weight is 236 g/mol. The van der Waals surface area contributed by atoms with Crippen molar-refractivity contribution in [1.82, 2.24) is 0 Å². The molecular formula is C9H14ClNO4. The number of hydrogen-bond donors (Lipinski definition) is 4. The molecule has 0 amide bonds. The van der Waals surface area contributed by atoms with E-state index in [4.69, 9.17) is 21.1 Å². The number of aliphatic hydroxyl groups is 3. The smallest absolute Gasteiger partial charge is 0.417 e. The molecule has 15 heavy (non-hydrogen) atoms. The molecule has 0 aliphatic carbocycles. The molecule has 1 rings (SSSR count). The van der Waals surface area contributed by atoms with Crippen molar-refractivity contribution in [3.05, 3.63) is 29.8 Å². The fraction of sp³-hybridized carbons (Fsp3) is 0.333. The van der Waals surface area contributed by atoms with E-state index < -0.39 is 6.16 Å². The molecule has 1 aromatic rings. The van der Waals surface area contributed by atoms with Crippen LogP contribution in [0.4, 0.5) is 0 Å². The molecule has 0 atom stereocenters. The van der Waals surface area contributed by atoms with Gasteiger partial charge in [-0.25, -0.2) is 0 Å². The first-order valence-electron chi connectivity index (χ1n) is 4.16. The quantitative estimate of drug-likeness (QED) is 0.532. The SMILES string of the molecule is Cl.NCCc1ccc(OC(O)(O)O)cc1. The van der Waals surface area contributed by atoms with E-state index in [1.165, 1.54) is 12.1 Å². The Hall–Kier alpha value is -0.850. The largest absolute Gasteiger partial charge is 0.453 e. The molecule has 0 aliphatic heterocycles. The van der Waals surface area contributed by atoms with E-state index in [9.17, 15) is 0 Å². The number of halogens is 1. The molecule has 0 radical (unpaired) electrons. The summed E-state index contributed by atoms with van der Waals surface area (Å²) in [5, 5.41) is 25.5. The fourth-order valence-corrected chi connectivity index (χ4v) is 1.05. The van der Waals surface area contributed by atoms with Crippen LogP contribution in [-0.4, -0.2) is 28.0 Å². The third kappa shape index (κ3) is 5.56. The van der Waals surface area contributed by atoms with E-state index in [1.54, 1.807) is 12.1 Å². The third-order valence-electron chi connectivity index (χ3n) is 1.61. The van der Waals surface area contributed by atoms with Gasteiger partial charge in [-0.15, -0.1) is 12.4 Å². The molecule has 0 saturated carbocycles. The van der Waals surface area contributed by atoms with Gasteiger partial charge in [0.2, 0.25) is 0 Å². The first-order chi connectivity index (χ1) is 6.51. The highest BCUT2D eigenvalue weighted by molar-refractivity contribution is 5.85. The molecular weight excluding hydrogens is 222 g/mol. The normalized spacial score (nSPS) is 10.7. The van der Waals surface area contributed by atoms with Gasteiger partial charge in [0.25, 0.3) is 0 Å². The van der Waals surface area contributed by atoms with E-state index in [-0.39, 0.29) is 18.2 Å². The van der Waals surface area contributed by atoms with Gasteiger partial charge in [-0.3, -0.25) is 0 Å². The zero-order valence-corrected chi connectivity index (χ0v) is 8.78. The Bertz CT molecular complexity index is 283. The molecule has 0 spiro atoms. The summed E-state index contributed by atoms with van der Waals surface area (Å²) in [4.78, 5) is 0. The van der Waals surface area contributed by atoms with Gasteiger partial charge in [0, 0.05) is 0 Å². The van der Waals surface area contributed by atoms with Gasteiger partial charge in [-0.05, 0) is 30.7 Å². The molecule has 0 bridgehead atoms. The molecule has 0 unspecified atom stereocenters. The second-order valence-corrected chi connectivity index (χ2v) is 2.86. The number of ether oxygens (including phenoxy) is 1. The van der Waals surface area contributed by atoms with Crippen LogP contribution >= 0.6 is 12.4 Å². The van der Waals surface area contributed by atoms with E-state index in [0.717, 1.165) is 12.0 Å². The number of nitrogens with two attached hydrogens (primary N) is 1. The summed E-state index contributed by atoms with van der Waals surface area (Å²) in [6.45, 7) is 0.546. The lowest BCUT2D eigenvalue weighted by molar-refractivity contribution is -0.419. The summed E-state index contributed by atoms with van der Waals surface area (Å²) >= 11 is 0. The Morgan fingerprint density at radius 3 is 2.07 bits per heavy atom. The van der Waals surface area contributed by atoms with Gasteiger partial charge in [-0.2, -0.15) is 0 Å². The van der Waals surface area contributed by atoms with Crippen molar-refractivity contribution in [2.45, 2.75) is 12.6 Å². The second-order valence-electron chi connectivity index (χ2n) is 2.86. The Balaban J connectivity index is 0.00000196. The summed E-state index contributed by atoms with van der Waals surface area (Å²) in [6, 6.07) is 6.49. The van der Waals surface area contributed by atoms with Crippen molar-refractivity contribution in [2.75, 3.05) is 6.54 Å². The van der Waals surface area contributed by atoms with Gasteiger partial charge < -0.3 is 25.8 Å². The standard InChI is InChI=1S/C9H13NO4.ClH/c10-6-5-7-1-3-8(4-2-7)14-9(11,12)13;/h1-4,11-13H,5-6,10H2;1H. The van der Waals surface area contributed by atoms with Gasteiger partial charge in [0.05, 0.1) is 0 Å². The Morgan fingerprint density at radius 1 is 1.13 bits per heavy atom. The minimum atomic E-state index is -3.13. The van der Waals surface area contributed by atoms with Crippen LogP contribution in [0.15, 0.2) is 24.3 Å². The van der Waals surface area contributed by atoms with Gasteiger partial charge in [0.15, 0.2) is 0 Å². The fourth-order valence-electron chi connectivity index (χ4n) is 1.05. The van der Waals surface area contributed by atoms with E-state index in [1.807, 2.05) is 0 Å². The third-order valence-corrected chi connectivity index (χ3v) is 1.61. The Morgan fingerprint density at radius 2 is 1.67 bits per heavy atom. The summed E-state index contributed by atoms with van der Waals surface area (Å²) in [7, 11) is 0. The van der Waals surface area contributed by atoms with Crippen molar-refractivity contribution in [3.8, 4) is 5.75 Å². The molecule has 0 heterocycles. The lowest BCUT2D eigenvalue weighted by Crippen LogP contribution is -2.34. The average Bonchev–Trinajstić information content (AvgIpc) is 2.06. The van der Waals surface area contributed by atoms with Crippen LogP contribution < -0.4 is 10.5 Å². The summed E-state index contributed by atoms with van der Waals surface area (Å²) in [5.41, 5.74) is 6.36. The molecule has 86 valence electrons. The van der Waals surface area contributed by atoms with Crippen LogP contribution in [0.25, 0.3) is 0 Å². The molecule has 0 aromatic heterocycles. The lowest BCUT2D eigenvalue weighted by atomic mass is 10.1. The van der Waals surface area contributed by atoms with Gasteiger partial charge in [-0.1, -0.05) is 12.1 Å². The monoisotopic (exact) mass is 235 g/mol. The topological polar surface area (TPSA) is 95.9 Å². The maximum absolute atomic E-state index is 8.51. The van der Waals surface area contributed by atoms with Crippen molar-refractivity contribution >= 4 is 12.4 Å². The summed E-state index contributed by atoms with van der Waals surface area (Å²) < 4.78 is 4.37. The molecule has 0 saturated heterocycles. The van der Waals surface area contributed by atoms with Crippen molar-refractivity contribution in [2.24, 2.45) is 5.73 Å². The Labute approximate surface area is 93.5 Å². The highest BCUT2D eigenvalue weighted by Gasteiger charge is 2.20. The minimum Gasteiger partial charge on any atom is -0.417 e. The van der Waals surface area contributed by atoms with E-state index in [0.29, 0.717) is 6.54 Å². The van der Waals surface area contributed by atoms with Crippen molar-refractivity contribution < 1.29 is 20.1 Å². The minimum absolute atomic E-state index is 0. The van der Waals surface area contributed by atoms with Crippen LogP contribution in [-0.2, 0) is 6.42 Å². The summed E-state index contributed by atoms with van der Waals surface area (Å²) in [6.07, 6.45) is -2.39. The van der Waals surface area contributed by atoms with Crippen molar-refractivity contribution in [1.29, 1.82) is 0 Å². The van der Waals surface area contributed by atoms with E-state index in [2.05, 4.69) is 4.74 Å². The van der Waals surface area contributed by atoms with Gasteiger partial charge in [0.1, 0.15) is 5.75 Å². The molecule has 1 aromatic carbocycles. The highest BCUT2D eigenvalue weighted by Crippen LogP contribution is 2.15. The summed E-state index contributed by atoms with van der Waals surface area (Å²) in [5.74, 6) is 0.165. The van der Waals surface area contributed by atoms with Crippen LogP contribution in [0.3, 0.4) is 0 Å². The van der Waals surface area contributed by atoms with Crippen molar-refractivity contribution in [3.63, 3.8) is 0 Å². The van der Waals surface area contributed by atoms with E-state index >= 15 is 0 Å². The zero-order chi connectivity index (χ0) is 10.6. The van der Waals surface area contributed by atoms with Crippen LogP contribution in [0, 0.1) is 0 Å². The first-order valence-corrected chi connectivity index (χ1v) is 4.16. The molecule has 5 N–H and O–H groups in total. The maximum Gasteiger partial charge on any atom is 0.453 e. The molecule has 0 aliphatic rings. The predicted octanol–water partition coefficient (Wildman–Crippen LogP) is -0.423. The number of benzene rings is 1. The predicted molar refractivity (Wildman–Crippen MR) is 56.5 cm³/mol. The molecule has 6 heteroatoms. The molecule has 5 nitrogen and oxygen atoms in total. The number of hydrogen-bond acceptors (Lipinski definition) is 5. The maximum atomic E-state index is 8.51. The zero-order valence-electron chi connectivity index (χ0n) is 7.96. The second kappa shape index (κ2) is 5.89. The van der Waals surface area contributed by atoms with Crippen LogP contribution in [0.5, 0.6) is 5.75 Å². The highest BCUT2D eigenvalue weighted by atomic mass is 35.5. The van der Waals surface area contributed by atoms with Crippen LogP contribution in [0.2, 0.25) is 0 Å².